The first-order chi connectivity index (χ1) is 8.83. The molecule has 1 N–H and O–H groups in total. The number of nitrogens with zero attached hydrogens (tertiary/aromatic N) is 3. The monoisotopic (exact) mass is 248 g/mol. The van der Waals surface area contributed by atoms with Crippen molar-refractivity contribution in [1.29, 1.82) is 0 Å². The molecule has 6 nitrogen and oxygen atoms in total. The number of nitrogens with one attached hydrogen (secondary N) is 1. The predicted molar refractivity (Wildman–Crippen MR) is 66.4 cm³/mol. The third-order valence-electron chi connectivity index (χ3n) is 3.18. The maximum atomic E-state index is 11.6. The number of carbonyl (C=O) groups is 1. The van der Waals surface area contributed by atoms with Crippen LogP contribution in [0.4, 0.5) is 11.6 Å². The highest BCUT2D eigenvalue weighted by atomic mass is 16.5. The second-order valence-corrected chi connectivity index (χ2v) is 4.64. The van der Waals surface area contributed by atoms with Crippen LogP contribution < -0.4 is 10.2 Å². The molecule has 1 aliphatic carbocycles. The summed E-state index contributed by atoms with van der Waals surface area (Å²) >= 11 is 0. The van der Waals surface area contributed by atoms with Crippen LogP contribution in [0, 0.1) is 5.92 Å². The molecule has 1 amide bonds. The van der Waals surface area contributed by atoms with Gasteiger partial charge in [0.2, 0.25) is 5.91 Å². The molecule has 2 aliphatic rings. The topological polar surface area (TPSA) is 67.4 Å². The number of hydrogen-bond acceptors (Lipinski definition) is 5. The Bertz CT molecular complexity index is 424. The molecular weight excluding hydrogens is 232 g/mol. The van der Waals surface area contributed by atoms with Gasteiger partial charge in [-0.2, -0.15) is 0 Å². The van der Waals surface area contributed by atoms with Crippen molar-refractivity contribution in [3.8, 4) is 0 Å². The molecule has 0 unspecified atom stereocenters. The molecule has 2 fully saturated rings. The summed E-state index contributed by atoms with van der Waals surface area (Å²) in [6, 6.07) is 3.69. The fraction of sp³-hybridized carbons (Fsp3) is 0.583. The molecular formula is C12H16N4O2. The van der Waals surface area contributed by atoms with Crippen LogP contribution in [0.1, 0.15) is 12.8 Å². The minimum atomic E-state index is 0.0587. The molecule has 1 aromatic rings. The Morgan fingerprint density at radius 2 is 2.06 bits per heavy atom. The van der Waals surface area contributed by atoms with Crippen LogP contribution in [0.2, 0.25) is 0 Å². The molecule has 18 heavy (non-hydrogen) atoms. The smallest absolute Gasteiger partial charge is 0.228 e. The van der Waals surface area contributed by atoms with Crippen LogP contribution in [0.15, 0.2) is 12.1 Å². The largest absolute Gasteiger partial charge is 0.378 e. The first-order valence-corrected chi connectivity index (χ1v) is 6.30. The van der Waals surface area contributed by atoms with Gasteiger partial charge in [0.25, 0.3) is 0 Å². The molecule has 3 rings (SSSR count). The van der Waals surface area contributed by atoms with E-state index in [-0.39, 0.29) is 11.8 Å². The second kappa shape index (κ2) is 4.89. The van der Waals surface area contributed by atoms with Gasteiger partial charge in [-0.3, -0.25) is 4.79 Å². The number of carbonyl (C=O) groups excluding carboxylic acids is 1. The Balaban J connectivity index is 1.62. The van der Waals surface area contributed by atoms with E-state index >= 15 is 0 Å². The van der Waals surface area contributed by atoms with Crippen LogP contribution in [-0.2, 0) is 9.53 Å². The third-order valence-corrected chi connectivity index (χ3v) is 3.18. The van der Waals surface area contributed by atoms with Crippen molar-refractivity contribution >= 4 is 17.5 Å². The number of aromatic nitrogens is 2. The summed E-state index contributed by atoms with van der Waals surface area (Å²) in [5.74, 6) is 1.61. The average molecular weight is 248 g/mol. The van der Waals surface area contributed by atoms with Crippen LogP contribution in [0.3, 0.4) is 0 Å². The van der Waals surface area contributed by atoms with Crippen molar-refractivity contribution in [3.63, 3.8) is 0 Å². The van der Waals surface area contributed by atoms with Gasteiger partial charge in [-0.15, -0.1) is 10.2 Å². The molecule has 6 heteroatoms. The zero-order valence-corrected chi connectivity index (χ0v) is 10.1. The Morgan fingerprint density at radius 3 is 2.67 bits per heavy atom. The van der Waals surface area contributed by atoms with Crippen LogP contribution >= 0.6 is 0 Å². The van der Waals surface area contributed by atoms with Gasteiger partial charge >= 0.3 is 0 Å². The molecule has 1 aliphatic heterocycles. The molecule has 0 atom stereocenters. The molecule has 1 saturated heterocycles. The molecule has 0 radical (unpaired) electrons. The van der Waals surface area contributed by atoms with Crippen molar-refractivity contribution in [3.05, 3.63) is 12.1 Å². The minimum absolute atomic E-state index is 0.0587. The third kappa shape index (κ3) is 2.59. The number of amides is 1. The number of hydrogen-bond donors (Lipinski definition) is 1. The highest BCUT2D eigenvalue weighted by molar-refractivity contribution is 5.93. The Hall–Kier alpha value is -1.69. The average Bonchev–Trinajstić information content (AvgIpc) is 3.25. The zero-order valence-electron chi connectivity index (χ0n) is 10.1. The van der Waals surface area contributed by atoms with E-state index in [2.05, 4.69) is 20.4 Å². The minimum Gasteiger partial charge on any atom is -0.378 e. The van der Waals surface area contributed by atoms with E-state index in [9.17, 15) is 4.79 Å². The highest BCUT2D eigenvalue weighted by Gasteiger charge is 2.29. The lowest BCUT2D eigenvalue weighted by atomic mass is 10.3. The Labute approximate surface area is 105 Å². The van der Waals surface area contributed by atoms with E-state index in [1.54, 1.807) is 6.07 Å². The SMILES string of the molecule is O=C(Nc1ccc(N2CCOCC2)nn1)C1CC1. The van der Waals surface area contributed by atoms with E-state index in [1.165, 1.54) is 0 Å². The maximum Gasteiger partial charge on any atom is 0.228 e. The molecule has 2 heterocycles. The highest BCUT2D eigenvalue weighted by Crippen LogP contribution is 2.29. The lowest BCUT2D eigenvalue weighted by Gasteiger charge is -2.27. The summed E-state index contributed by atoms with van der Waals surface area (Å²) in [5, 5.41) is 11.0. The lowest BCUT2D eigenvalue weighted by Crippen LogP contribution is -2.36. The Kier molecular flexibility index (Phi) is 3.10. The fourth-order valence-corrected chi connectivity index (χ4v) is 1.93. The molecule has 96 valence electrons. The standard InChI is InChI=1S/C12H16N4O2/c17-12(9-1-2-9)13-10-3-4-11(15-14-10)16-5-7-18-8-6-16/h3-4,9H,1-2,5-8H2,(H,13,14,17). The van der Waals surface area contributed by atoms with Gasteiger partial charge in [-0.25, -0.2) is 0 Å². The van der Waals surface area contributed by atoms with Crippen molar-refractivity contribution < 1.29 is 9.53 Å². The maximum absolute atomic E-state index is 11.6. The molecule has 0 bridgehead atoms. The van der Waals surface area contributed by atoms with Crippen molar-refractivity contribution in [2.24, 2.45) is 5.92 Å². The summed E-state index contributed by atoms with van der Waals surface area (Å²) in [4.78, 5) is 13.7. The van der Waals surface area contributed by atoms with Crippen molar-refractivity contribution in [2.45, 2.75) is 12.8 Å². The number of morpholine rings is 1. The molecule has 1 saturated carbocycles. The van der Waals surface area contributed by atoms with Crippen LogP contribution in [-0.4, -0.2) is 42.4 Å². The van der Waals surface area contributed by atoms with Gasteiger partial charge in [-0.1, -0.05) is 0 Å². The summed E-state index contributed by atoms with van der Waals surface area (Å²) in [6.45, 7) is 3.12. The van der Waals surface area contributed by atoms with Gasteiger partial charge in [-0.05, 0) is 25.0 Å². The molecule has 0 spiro atoms. The number of ether oxygens (including phenoxy) is 1. The summed E-state index contributed by atoms with van der Waals surface area (Å²) in [7, 11) is 0. The van der Waals surface area contributed by atoms with Gasteiger partial charge in [0.15, 0.2) is 11.6 Å². The fourth-order valence-electron chi connectivity index (χ4n) is 1.93. The van der Waals surface area contributed by atoms with E-state index in [4.69, 9.17) is 4.74 Å². The summed E-state index contributed by atoms with van der Waals surface area (Å²) in [5.41, 5.74) is 0. The van der Waals surface area contributed by atoms with E-state index in [0.29, 0.717) is 5.82 Å². The Morgan fingerprint density at radius 1 is 1.28 bits per heavy atom. The van der Waals surface area contributed by atoms with Crippen molar-refractivity contribution in [1.82, 2.24) is 10.2 Å². The zero-order chi connectivity index (χ0) is 12.4. The van der Waals surface area contributed by atoms with Gasteiger partial charge in [0, 0.05) is 19.0 Å². The van der Waals surface area contributed by atoms with E-state index < -0.39 is 0 Å². The first-order valence-electron chi connectivity index (χ1n) is 6.30. The number of rotatable bonds is 3. The summed E-state index contributed by atoms with van der Waals surface area (Å²) in [6.07, 6.45) is 1.98. The predicted octanol–water partition coefficient (Wildman–Crippen LogP) is 0.662. The first kappa shape index (κ1) is 11.4. The van der Waals surface area contributed by atoms with Crippen LogP contribution in [0.25, 0.3) is 0 Å². The van der Waals surface area contributed by atoms with Gasteiger partial charge < -0.3 is 15.0 Å². The van der Waals surface area contributed by atoms with E-state index in [1.807, 2.05) is 6.07 Å². The number of anilines is 2. The molecule has 1 aromatic heterocycles. The van der Waals surface area contributed by atoms with Crippen molar-refractivity contribution in [2.75, 3.05) is 36.5 Å². The van der Waals surface area contributed by atoms with Crippen LogP contribution in [0.5, 0.6) is 0 Å². The van der Waals surface area contributed by atoms with Gasteiger partial charge in [0.1, 0.15) is 0 Å². The van der Waals surface area contributed by atoms with E-state index in [0.717, 1.165) is 45.0 Å². The normalized spacial score (nSPS) is 19.7. The quantitative estimate of drug-likeness (QED) is 0.851. The van der Waals surface area contributed by atoms with Gasteiger partial charge in [0.05, 0.1) is 13.2 Å². The second-order valence-electron chi connectivity index (χ2n) is 4.64. The molecule has 0 aromatic carbocycles. The lowest BCUT2D eigenvalue weighted by molar-refractivity contribution is -0.117. The summed E-state index contributed by atoms with van der Waals surface area (Å²) < 4.78 is 5.28.